The number of carbonyl (C=O) groups is 2. The summed E-state index contributed by atoms with van der Waals surface area (Å²) in [6.07, 6.45) is 0. The Morgan fingerprint density at radius 2 is 1.94 bits per heavy atom. The van der Waals surface area contributed by atoms with Gasteiger partial charge in [0.2, 0.25) is 5.91 Å². The first-order valence-electron chi connectivity index (χ1n) is 5.28. The van der Waals surface area contributed by atoms with Crippen LogP contribution in [-0.2, 0) is 4.79 Å². The highest BCUT2D eigenvalue weighted by atomic mass is 35.5. The molecule has 0 unspecified atom stereocenters. The first-order chi connectivity index (χ1) is 7.95. The molecule has 1 aromatic carbocycles. The summed E-state index contributed by atoms with van der Waals surface area (Å²) >= 11 is 5.90. The predicted octanol–water partition coefficient (Wildman–Crippen LogP) is 2.29. The Morgan fingerprint density at radius 1 is 1.29 bits per heavy atom. The smallest absolute Gasteiger partial charge is 0.252 e. The van der Waals surface area contributed by atoms with Gasteiger partial charge < -0.3 is 10.6 Å². The van der Waals surface area contributed by atoms with Gasteiger partial charge in [0.25, 0.3) is 5.91 Å². The van der Waals surface area contributed by atoms with E-state index in [9.17, 15) is 9.59 Å². The molecule has 0 spiro atoms. The van der Waals surface area contributed by atoms with Crippen molar-refractivity contribution in [3.63, 3.8) is 0 Å². The summed E-state index contributed by atoms with van der Waals surface area (Å²) in [5.41, 5.74) is 0.905. The van der Waals surface area contributed by atoms with E-state index in [0.717, 1.165) is 0 Å². The predicted molar refractivity (Wildman–Crippen MR) is 68.3 cm³/mol. The van der Waals surface area contributed by atoms with Crippen LogP contribution in [0, 0.1) is 5.92 Å². The molecule has 0 saturated heterocycles. The van der Waals surface area contributed by atoms with Gasteiger partial charge in [0.15, 0.2) is 0 Å². The average molecular weight is 255 g/mol. The molecule has 0 bridgehead atoms. The van der Waals surface area contributed by atoms with E-state index in [1.54, 1.807) is 32.0 Å². The van der Waals surface area contributed by atoms with E-state index < -0.39 is 0 Å². The maximum absolute atomic E-state index is 11.5. The fraction of sp³-hybridized carbons (Fsp3) is 0.333. The summed E-state index contributed by atoms with van der Waals surface area (Å²) in [6.45, 7) is 3.59. The first-order valence-corrected chi connectivity index (χ1v) is 5.66. The molecule has 0 heterocycles. The Balaban J connectivity index is 2.97. The number of anilines is 1. The van der Waals surface area contributed by atoms with E-state index in [1.165, 1.54) is 7.05 Å². The van der Waals surface area contributed by atoms with Gasteiger partial charge in [0, 0.05) is 18.7 Å². The molecule has 0 aliphatic carbocycles. The summed E-state index contributed by atoms with van der Waals surface area (Å²) in [5.74, 6) is -0.500. The number of halogens is 1. The molecule has 92 valence electrons. The minimum absolute atomic E-state index is 0.102. The Hall–Kier alpha value is -1.55. The molecule has 5 heteroatoms. The molecule has 0 aromatic heterocycles. The number of carbonyl (C=O) groups excluding carboxylic acids is 2. The van der Waals surface area contributed by atoms with Crippen LogP contribution in [0.5, 0.6) is 0 Å². The zero-order valence-corrected chi connectivity index (χ0v) is 10.8. The first kappa shape index (κ1) is 13.5. The quantitative estimate of drug-likeness (QED) is 0.870. The topological polar surface area (TPSA) is 58.2 Å². The fourth-order valence-electron chi connectivity index (χ4n) is 1.20. The standard InChI is InChI=1S/C12H15ClN2O2/c1-7(2)11(16)15-8-4-5-10(13)9(6-8)12(17)14-3/h4-7H,1-3H3,(H,14,17)(H,15,16). The SMILES string of the molecule is CNC(=O)c1cc(NC(=O)C(C)C)ccc1Cl. The summed E-state index contributed by atoms with van der Waals surface area (Å²) in [4.78, 5) is 23.0. The van der Waals surface area contributed by atoms with Crippen LogP contribution in [0.2, 0.25) is 5.02 Å². The van der Waals surface area contributed by atoms with Crippen LogP contribution >= 0.6 is 11.6 Å². The van der Waals surface area contributed by atoms with Crippen LogP contribution in [0.15, 0.2) is 18.2 Å². The van der Waals surface area contributed by atoms with Crippen molar-refractivity contribution in [2.75, 3.05) is 12.4 Å². The Morgan fingerprint density at radius 3 is 2.47 bits per heavy atom. The van der Waals surface area contributed by atoms with Crippen LogP contribution in [0.4, 0.5) is 5.69 Å². The molecule has 1 aromatic rings. The lowest BCUT2D eigenvalue weighted by Gasteiger charge is -2.10. The van der Waals surface area contributed by atoms with Crippen LogP contribution in [0.3, 0.4) is 0 Å². The van der Waals surface area contributed by atoms with E-state index in [1.807, 2.05) is 0 Å². The molecule has 2 amide bonds. The maximum Gasteiger partial charge on any atom is 0.252 e. The Bertz CT molecular complexity index is 444. The molecule has 0 saturated carbocycles. The van der Waals surface area contributed by atoms with Gasteiger partial charge in [-0.2, -0.15) is 0 Å². The van der Waals surface area contributed by atoms with Crippen LogP contribution in [0.25, 0.3) is 0 Å². The van der Waals surface area contributed by atoms with E-state index in [2.05, 4.69) is 10.6 Å². The zero-order chi connectivity index (χ0) is 13.0. The third-order valence-electron chi connectivity index (χ3n) is 2.23. The summed E-state index contributed by atoms with van der Waals surface area (Å²) in [6, 6.07) is 4.80. The van der Waals surface area contributed by atoms with Gasteiger partial charge in [0.05, 0.1) is 10.6 Å². The van der Waals surface area contributed by atoms with E-state index in [4.69, 9.17) is 11.6 Å². The van der Waals surface area contributed by atoms with E-state index in [-0.39, 0.29) is 17.7 Å². The van der Waals surface area contributed by atoms with Crippen molar-refractivity contribution in [3.8, 4) is 0 Å². The Labute approximate surface area is 105 Å². The molecule has 1 rings (SSSR count). The van der Waals surface area contributed by atoms with Crippen molar-refractivity contribution in [3.05, 3.63) is 28.8 Å². The highest BCUT2D eigenvalue weighted by Gasteiger charge is 2.12. The van der Waals surface area contributed by atoms with Crippen molar-refractivity contribution in [1.82, 2.24) is 5.32 Å². The number of hydrogen-bond donors (Lipinski definition) is 2. The number of benzene rings is 1. The summed E-state index contributed by atoms with van der Waals surface area (Å²) < 4.78 is 0. The highest BCUT2D eigenvalue weighted by molar-refractivity contribution is 6.34. The van der Waals surface area contributed by atoms with Crippen molar-refractivity contribution >= 4 is 29.1 Å². The second kappa shape index (κ2) is 5.68. The van der Waals surface area contributed by atoms with Gasteiger partial charge in [-0.05, 0) is 18.2 Å². The second-order valence-corrected chi connectivity index (χ2v) is 4.32. The monoisotopic (exact) mass is 254 g/mol. The molecular formula is C12H15ClN2O2. The lowest BCUT2D eigenvalue weighted by molar-refractivity contribution is -0.118. The minimum atomic E-state index is -0.282. The largest absolute Gasteiger partial charge is 0.355 e. The maximum atomic E-state index is 11.5. The third kappa shape index (κ3) is 3.46. The van der Waals surface area contributed by atoms with Crippen molar-refractivity contribution in [2.45, 2.75) is 13.8 Å². The average Bonchev–Trinajstić information content (AvgIpc) is 2.30. The van der Waals surface area contributed by atoms with Gasteiger partial charge in [0.1, 0.15) is 0 Å². The molecule has 0 atom stereocenters. The van der Waals surface area contributed by atoms with Gasteiger partial charge in [-0.1, -0.05) is 25.4 Å². The van der Waals surface area contributed by atoms with Gasteiger partial charge in [-0.3, -0.25) is 9.59 Å². The highest BCUT2D eigenvalue weighted by Crippen LogP contribution is 2.20. The van der Waals surface area contributed by atoms with E-state index >= 15 is 0 Å². The van der Waals surface area contributed by atoms with Crippen molar-refractivity contribution < 1.29 is 9.59 Å². The molecule has 0 aliphatic rings. The van der Waals surface area contributed by atoms with Crippen LogP contribution < -0.4 is 10.6 Å². The molecule has 0 aliphatic heterocycles. The van der Waals surface area contributed by atoms with Crippen molar-refractivity contribution in [1.29, 1.82) is 0 Å². The fourth-order valence-corrected chi connectivity index (χ4v) is 1.40. The number of hydrogen-bond acceptors (Lipinski definition) is 2. The molecular weight excluding hydrogens is 240 g/mol. The van der Waals surface area contributed by atoms with Gasteiger partial charge in [-0.25, -0.2) is 0 Å². The molecule has 0 radical (unpaired) electrons. The molecule has 17 heavy (non-hydrogen) atoms. The minimum Gasteiger partial charge on any atom is -0.355 e. The summed E-state index contributed by atoms with van der Waals surface area (Å²) in [5, 5.41) is 5.55. The van der Waals surface area contributed by atoms with E-state index in [0.29, 0.717) is 16.3 Å². The van der Waals surface area contributed by atoms with Gasteiger partial charge >= 0.3 is 0 Å². The number of rotatable bonds is 3. The molecule has 4 nitrogen and oxygen atoms in total. The zero-order valence-electron chi connectivity index (χ0n) is 10.0. The number of amides is 2. The van der Waals surface area contributed by atoms with Gasteiger partial charge in [-0.15, -0.1) is 0 Å². The lowest BCUT2D eigenvalue weighted by atomic mass is 10.1. The third-order valence-corrected chi connectivity index (χ3v) is 2.56. The van der Waals surface area contributed by atoms with Crippen LogP contribution in [0.1, 0.15) is 24.2 Å². The Kier molecular flexibility index (Phi) is 4.52. The second-order valence-electron chi connectivity index (χ2n) is 3.92. The normalized spacial score (nSPS) is 10.2. The van der Waals surface area contributed by atoms with Crippen LogP contribution in [-0.4, -0.2) is 18.9 Å². The summed E-state index contributed by atoms with van der Waals surface area (Å²) in [7, 11) is 1.53. The van der Waals surface area contributed by atoms with Crippen molar-refractivity contribution in [2.24, 2.45) is 5.92 Å². The lowest BCUT2D eigenvalue weighted by Crippen LogP contribution is -2.20. The molecule has 2 N–H and O–H groups in total. The molecule has 0 fully saturated rings. The number of nitrogens with one attached hydrogen (secondary N) is 2.